The predicted octanol–water partition coefficient (Wildman–Crippen LogP) is 2.85. The standard InChI is InChI=1S/C14H18N2O2S/c15-11-5-6-12-13(7-11)18-14(16-12)9-19(17)8-10-3-1-2-4-10/h5-7,10H,1-4,8-9,15H2. The van der Waals surface area contributed by atoms with E-state index in [1.54, 1.807) is 12.1 Å². The minimum Gasteiger partial charge on any atom is -0.440 e. The average Bonchev–Trinajstić information content (AvgIpc) is 2.97. The molecule has 1 aliphatic rings. The molecule has 2 N–H and O–H groups in total. The zero-order valence-electron chi connectivity index (χ0n) is 10.8. The molecule has 4 nitrogen and oxygen atoms in total. The fourth-order valence-electron chi connectivity index (χ4n) is 2.69. The molecule has 1 unspecified atom stereocenters. The van der Waals surface area contributed by atoms with Gasteiger partial charge in [-0.1, -0.05) is 12.8 Å². The van der Waals surface area contributed by atoms with Gasteiger partial charge in [0.2, 0.25) is 5.89 Å². The second kappa shape index (κ2) is 5.33. The van der Waals surface area contributed by atoms with Gasteiger partial charge in [-0.15, -0.1) is 0 Å². The first kappa shape index (κ1) is 12.7. The average molecular weight is 278 g/mol. The summed E-state index contributed by atoms with van der Waals surface area (Å²) in [4.78, 5) is 4.35. The number of oxazole rings is 1. The highest BCUT2D eigenvalue weighted by molar-refractivity contribution is 7.84. The number of anilines is 1. The molecule has 0 bridgehead atoms. The molecule has 102 valence electrons. The fraction of sp³-hybridized carbons (Fsp3) is 0.500. The molecule has 0 aliphatic heterocycles. The van der Waals surface area contributed by atoms with Crippen LogP contribution in [0, 0.1) is 5.92 Å². The smallest absolute Gasteiger partial charge is 0.208 e. The van der Waals surface area contributed by atoms with Gasteiger partial charge in [0.1, 0.15) is 11.3 Å². The molecule has 2 aromatic rings. The monoisotopic (exact) mass is 278 g/mol. The van der Waals surface area contributed by atoms with Gasteiger partial charge in [-0.3, -0.25) is 4.21 Å². The van der Waals surface area contributed by atoms with Crippen LogP contribution in [-0.4, -0.2) is 14.9 Å². The van der Waals surface area contributed by atoms with Crippen LogP contribution in [0.4, 0.5) is 5.69 Å². The van der Waals surface area contributed by atoms with Gasteiger partial charge in [0.05, 0.1) is 0 Å². The third kappa shape index (κ3) is 2.97. The Labute approximate surface area is 114 Å². The molecule has 0 spiro atoms. The number of nitrogen functional groups attached to an aromatic ring is 1. The summed E-state index contributed by atoms with van der Waals surface area (Å²) in [5, 5.41) is 0. The van der Waals surface area contributed by atoms with E-state index in [2.05, 4.69) is 4.98 Å². The van der Waals surface area contributed by atoms with Gasteiger partial charge in [0, 0.05) is 28.3 Å². The second-order valence-electron chi connectivity index (χ2n) is 5.24. The Morgan fingerprint density at radius 2 is 2.16 bits per heavy atom. The van der Waals surface area contributed by atoms with Crippen molar-refractivity contribution in [2.24, 2.45) is 5.92 Å². The van der Waals surface area contributed by atoms with Crippen LogP contribution in [0.1, 0.15) is 31.6 Å². The van der Waals surface area contributed by atoms with Crippen LogP contribution in [0.3, 0.4) is 0 Å². The highest BCUT2D eigenvalue weighted by atomic mass is 32.2. The lowest BCUT2D eigenvalue weighted by Crippen LogP contribution is -2.09. The molecular formula is C14H18N2O2S. The lowest BCUT2D eigenvalue weighted by molar-refractivity contribution is 0.549. The van der Waals surface area contributed by atoms with Crippen LogP contribution in [0.15, 0.2) is 22.6 Å². The zero-order valence-corrected chi connectivity index (χ0v) is 11.6. The van der Waals surface area contributed by atoms with Crippen LogP contribution in [-0.2, 0) is 16.6 Å². The lowest BCUT2D eigenvalue weighted by Gasteiger charge is -2.06. The summed E-state index contributed by atoms with van der Waals surface area (Å²) in [6.45, 7) is 0. The van der Waals surface area contributed by atoms with Crippen molar-refractivity contribution in [3.8, 4) is 0 Å². The number of benzene rings is 1. The predicted molar refractivity (Wildman–Crippen MR) is 77.1 cm³/mol. The molecule has 1 aromatic heterocycles. The molecule has 1 fully saturated rings. The largest absolute Gasteiger partial charge is 0.440 e. The molecule has 19 heavy (non-hydrogen) atoms. The van der Waals surface area contributed by atoms with E-state index in [-0.39, 0.29) is 0 Å². The van der Waals surface area contributed by atoms with E-state index < -0.39 is 10.8 Å². The van der Waals surface area contributed by atoms with Gasteiger partial charge in [-0.2, -0.15) is 0 Å². The van der Waals surface area contributed by atoms with E-state index in [0.717, 1.165) is 11.3 Å². The second-order valence-corrected chi connectivity index (χ2v) is 6.74. The lowest BCUT2D eigenvalue weighted by atomic mass is 10.1. The molecule has 1 heterocycles. The Morgan fingerprint density at radius 1 is 1.37 bits per heavy atom. The van der Waals surface area contributed by atoms with E-state index in [4.69, 9.17) is 10.2 Å². The maximum absolute atomic E-state index is 12.1. The van der Waals surface area contributed by atoms with E-state index in [9.17, 15) is 4.21 Å². The molecule has 1 aromatic carbocycles. The first-order valence-corrected chi connectivity index (χ1v) is 8.19. The van der Waals surface area contributed by atoms with Crippen LogP contribution in [0.5, 0.6) is 0 Å². The van der Waals surface area contributed by atoms with E-state index in [0.29, 0.717) is 28.8 Å². The van der Waals surface area contributed by atoms with Crippen molar-refractivity contribution in [2.75, 3.05) is 11.5 Å². The number of hydrogen-bond acceptors (Lipinski definition) is 4. The fourth-order valence-corrected chi connectivity index (χ4v) is 4.06. The molecule has 0 radical (unpaired) electrons. The van der Waals surface area contributed by atoms with E-state index in [1.165, 1.54) is 25.7 Å². The van der Waals surface area contributed by atoms with Gasteiger partial charge in [0.25, 0.3) is 0 Å². The topological polar surface area (TPSA) is 69.1 Å². The van der Waals surface area contributed by atoms with Crippen molar-refractivity contribution < 1.29 is 8.63 Å². The number of aromatic nitrogens is 1. The molecule has 1 atom stereocenters. The summed E-state index contributed by atoms with van der Waals surface area (Å²) in [6.07, 6.45) is 5.00. The van der Waals surface area contributed by atoms with Crippen LogP contribution >= 0.6 is 0 Å². The number of nitrogens with two attached hydrogens (primary N) is 1. The number of nitrogens with zero attached hydrogens (tertiary/aromatic N) is 1. The third-order valence-corrected chi connectivity index (χ3v) is 5.05. The number of hydrogen-bond donors (Lipinski definition) is 1. The Morgan fingerprint density at radius 3 is 2.95 bits per heavy atom. The van der Waals surface area contributed by atoms with Crippen molar-refractivity contribution in [2.45, 2.75) is 31.4 Å². The molecular weight excluding hydrogens is 260 g/mol. The van der Waals surface area contributed by atoms with Crippen molar-refractivity contribution in [1.82, 2.24) is 4.98 Å². The van der Waals surface area contributed by atoms with Crippen molar-refractivity contribution >= 4 is 27.6 Å². The van der Waals surface area contributed by atoms with Crippen molar-refractivity contribution in [3.63, 3.8) is 0 Å². The SMILES string of the molecule is Nc1ccc2nc(CS(=O)CC3CCCC3)oc2c1. The molecule has 0 amide bonds. The molecule has 0 saturated heterocycles. The number of fused-ring (bicyclic) bond motifs is 1. The minimum absolute atomic E-state index is 0.408. The maximum atomic E-state index is 12.1. The summed E-state index contributed by atoms with van der Waals surface area (Å²) in [7, 11) is -0.880. The molecule has 1 saturated carbocycles. The third-order valence-electron chi connectivity index (χ3n) is 3.64. The van der Waals surface area contributed by atoms with Gasteiger partial charge in [-0.25, -0.2) is 4.98 Å². The highest BCUT2D eigenvalue weighted by Crippen LogP contribution is 2.26. The van der Waals surface area contributed by atoms with Gasteiger partial charge >= 0.3 is 0 Å². The summed E-state index contributed by atoms with van der Waals surface area (Å²) >= 11 is 0. The Balaban J connectivity index is 1.68. The molecule has 5 heteroatoms. The Bertz CT molecular complexity index is 603. The van der Waals surface area contributed by atoms with E-state index in [1.807, 2.05) is 6.07 Å². The van der Waals surface area contributed by atoms with Gasteiger partial charge in [0.15, 0.2) is 5.58 Å². The molecule has 3 rings (SSSR count). The van der Waals surface area contributed by atoms with Gasteiger partial charge < -0.3 is 10.2 Å². The van der Waals surface area contributed by atoms with Crippen LogP contribution in [0.2, 0.25) is 0 Å². The summed E-state index contributed by atoms with van der Waals surface area (Å²) in [6, 6.07) is 5.38. The highest BCUT2D eigenvalue weighted by Gasteiger charge is 2.19. The van der Waals surface area contributed by atoms with Crippen molar-refractivity contribution in [1.29, 1.82) is 0 Å². The Kier molecular flexibility index (Phi) is 3.55. The normalized spacial score (nSPS) is 18.1. The Hall–Kier alpha value is -1.36. The van der Waals surface area contributed by atoms with E-state index >= 15 is 0 Å². The summed E-state index contributed by atoms with van der Waals surface area (Å²) < 4.78 is 17.7. The quantitative estimate of drug-likeness (QED) is 0.873. The van der Waals surface area contributed by atoms with Crippen LogP contribution < -0.4 is 5.73 Å². The zero-order chi connectivity index (χ0) is 13.2. The van der Waals surface area contributed by atoms with Gasteiger partial charge in [-0.05, 0) is 30.9 Å². The summed E-state index contributed by atoms with van der Waals surface area (Å²) in [5.74, 6) is 2.36. The first-order valence-electron chi connectivity index (χ1n) is 6.70. The van der Waals surface area contributed by atoms with Crippen molar-refractivity contribution in [3.05, 3.63) is 24.1 Å². The maximum Gasteiger partial charge on any atom is 0.208 e. The summed E-state index contributed by atoms with van der Waals surface area (Å²) in [5.41, 5.74) is 7.80. The first-order chi connectivity index (χ1) is 9.20. The molecule has 1 aliphatic carbocycles. The number of rotatable bonds is 4. The van der Waals surface area contributed by atoms with Crippen LogP contribution in [0.25, 0.3) is 11.1 Å². The minimum atomic E-state index is -0.880.